The Hall–Kier alpha value is -1.66. The molecule has 1 aliphatic heterocycles. The molecule has 13 heavy (non-hydrogen) atoms. The van der Waals surface area contributed by atoms with E-state index < -0.39 is 6.10 Å². The predicted molar refractivity (Wildman–Crippen MR) is 46.4 cm³/mol. The fourth-order valence-corrected chi connectivity index (χ4v) is 1.18. The van der Waals surface area contributed by atoms with E-state index in [1.807, 2.05) is 0 Å². The van der Waals surface area contributed by atoms with Crippen molar-refractivity contribution in [1.82, 2.24) is 0 Å². The monoisotopic (exact) mass is 176 g/mol. The van der Waals surface area contributed by atoms with Crippen LogP contribution < -0.4 is 9.47 Å². The van der Waals surface area contributed by atoms with E-state index in [1.165, 1.54) is 0 Å². The van der Waals surface area contributed by atoms with Crippen LogP contribution in [0.1, 0.15) is 11.7 Å². The fourth-order valence-electron chi connectivity index (χ4n) is 1.18. The Balaban J connectivity index is 2.37. The van der Waals surface area contributed by atoms with E-state index in [0.717, 1.165) is 0 Å². The number of hydrogen-bond donors (Lipinski definition) is 1. The summed E-state index contributed by atoms with van der Waals surface area (Å²) in [5.41, 5.74) is 0.645. The molecule has 0 amide bonds. The van der Waals surface area contributed by atoms with Gasteiger partial charge < -0.3 is 14.6 Å². The second-order valence-corrected chi connectivity index (χ2v) is 2.68. The maximum Gasteiger partial charge on any atom is 0.231 e. The van der Waals surface area contributed by atoms with Gasteiger partial charge in [0.2, 0.25) is 6.79 Å². The van der Waals surface area contributed by atoms with E-state index in [4.69, 9.17) is 15.9 Å². The molecule has 1 atom stereocenters. The summed E-state index contributed by atoms with van der Waals surface area (Å²) >= 11 is 0. The Bertz CT molecular complexity index is 365. The third-order valence-corrected chi connectivity index (χ3v) is 1.87. The lowest BCUT2D eigenvalue weighted by molar-refractivity contribution is 0.173. The number of aliphatic hydroxyl groups is 1. The van der Waals surface area contributed by atoms with E-state index in [9.17, 15) is 5.11 Å². The van der Waals surface area contributed by atoms with Gasteiger partial charge in [-0.3, -0.25) is 0 Å². The Labute approximate surface area is 75.9 Å². The van der Waals surface area contributed by atoms with E-state index >= 15 is 0 Å². The van der Waals surface area contributed by atoms with Crippen LogP contribution in [-0.4, -0.2) is 11.9 Å². The standard InChI is InChI=1S/C10H8O3/c1-2-8(11)7-3-4-9-10(5-7)13-6-12-9/h1,3-5,8,11H,6H2/t8-/m0/s1. The minimum absolute atomic E-state index is 0.227. The SMILES string of the molecule is C#C[C@H](O)c1ccc2c(c1)OCO2. The van der Waals surface area contributed by atoms with Crippen molar-refractivity contribution in [2.45, 2.75) is 6.10 Å². The average Bonchev–Trinajstić information content (AvgIpc) is 2.63. The first-order valence-corrected chi connectivity index (χ1v) is 3.85. The van der Waals surface area contributed by atoms with Gasteiger partial charge >= 0.3 is 0 Å². The molecule has 2 rings (SSSR count). The summed E-state index contributed by atoms with van der Waals surface area (Å²) in [6.07, 6.45) is 4.20. The quantitative estimate of drug-likeness (QED) is 0.651. The van der Waals surface area contributed by atoms with Gasteiger partial charge in [0.1, 0.15) is 6.10 Å². The molecule has 1 heterocycles. The third-order valence-electron chi connectivity index (χ3n) is 1.87. The first-order valence-electron chi connectivity index (χ1n) is 3.85. The topological polar surface area (TPSA) is 38.7 Å². The molecule has 1 aromatic carbocycles. The van der Waals surface area contributed by atoms with Crippen molar-refractivity contribution in [2.24, 2.45) is 0 Å². The highest BCUT2D eigenvalue weighted by molar-refractivity contribution is 5.45. The highest BCUT2D eigenvalue weighted by Gasteiger charge is 2.15. The zero-order valence-electron chi connectivity index (χ0n) is 6.86. The number of ether oxygens (including phenoxy) is 2. The lowest BCUT2D eigenvalue weighted by atomic mass is 10.1. The van der Waals surface area contributed by atoms with Gasteiger partial charge in [-0.05, 0) is 17.7 Å². The number of rotatable bonds is 1. The van der Waals surface area contributed by atoms with Gasteiger partial charge in [0.25, 0.3) is 0 Å². The minimum Gasteiger partial charge on any atom is -0.454 e. The number of fused-ring (bicyclic) bond motifs is 1. The number of terminal acetylenes is 1. The molecule has 0 aliphatic carbocycles. The van der Waals surface area contributed by atoms with E-state index in [-0.39, 0.29) is 6.79 Å². The highest BCUT2D eigenvalue weighted by atomic mass is 16.7. The van der Waals surface area contributed by atoms with Gasteiger partial charge in [0, 0.05) is 0 Å². The van der Waals surface area contributed by atoms with Gasteiger partial charge in [-0.1, -0.05) is 12.0 Å². The molecule has 1 aliphatic rings. The Morgan fingerprint density at radius 3 is 2.92 bits per heavy atom. The highest BCUT2D eigenvalue weighted by Crippen LogP contribution is 2.33. The molecule has 0 fully saturated rings. The lowest BCUT2D eigenvalue weighted by Gasteiger charge is -2.03. The van der Waals surface area contributed by atoms with Crippen LogP contribution in [0.25, 0.3) is 0 Å². The zero-order chi connectivity index (χ0) is 9.26. The molecule has 66 valence electrons. The van der Waals surface area contributed by atoms with Crippen molar-refractivity contribution in [1.29, 1.82) is 0 Å². The first-order chi connectivity index (χ1) is 6.31. The largest absolute Gasteiger partial charge is 0.454 e. The summed E-state index contributed by atoms with van der Waals surface area (Å²) in [6.45, 7) is 0.227. The Morgan fingerprint density at radius 1 is 1.38 bits per heavy atom. The van der Waals surface area contributed by atoms with Crippen molar-refractivity contribution in [3.8, 4) is 23.8 Å². The fraction of sp³-hybridized carbons (Fsp3) is 0.200. The third kappa shape index (κ3) is 1.32. The van der Waals surface area contributed by atoms with E-state index in [1.54, 1.807) is 18.2 Å². The Morgan fingerprint density at radius 2 is 2.15 bits per heavy atom. The van der Waals surface area contributed by atoms with Crippen LogP contribution in [0, 0.1) is 12.3 Å². The molecule has 0 saturated carbocycles. The van der Waals surface area contributed by atoms with Gasteiger partial charge in [0.15, 0.2) is 11.5 Å². The van der Waals surface area contributed by atoms with Crippen LogP contribution in [0.5, 0.6) is 11.5 Å². The normalized spacial score (nSPS) is 15.1. The second-order valence-electron chi connectivity index (χ2n) is 2.68. The molecule has 1 N–H and O–H groups in total. The molecule has 1 aromatic rings. The maximum atomic E-state index is 9.33. The van der Waals surface area contributed by atoms with Gasteiger partial charge in [0.05, 0.1) is 0 Å². The summed E-state index contributed by atoms with van der Waals surface area (Å²) in [5, 5.41) is 9.33. The van der Waals surface area contributed by atoms with Crippen molar-refractivity contribution in [3.63, 3.8) is 0 Å². The van der Waals surface area contributed by atoms with Crippen molar-refractivity contribution in [3.05, 3.63) is 23.8 Å². The number of aliphatic hydroxyl groups excluding tert-OH is 1. The maximum absolute atomic E-state index is 9.33. The molecule has 0 spiro atoms. The molecule has 0 radical (unpaired) electrons. The molecule has 0 unspecified atom stereocenters. The summed E-state index contributed by atoms with van der Waals surface area (Å²) < 4.78 is 10.2. The zero-order valence-corrected chi connectivity index (χ0v) is 6.86. The summed E-state index contributed by atoms with van der Waals surface area (Å²) in [4.78, 5) is 0. The molecular formula is C10H8O3. The van der Waals surface area contributed by atoms with Crippen molar-refractivity contribution >= 4 is 0 Å². The minimum atomic E-state index is -0.880. The first kappa shape index (κ1) is 7.96. The molecule has 3 heteroatoms. The molecule has 0 aromatic heterocycles. The van der Waals surface area contributed by atoms with Crippen LogP contribution in [0.2, 0.25) is 0 Å². The number of benzene rings is 1. The van der Waals surface area contributed by atoms with Gasteiger partial charge in [-0.25, -0.2) is 0 Å². The lowest BCUT2D eigenvalue weighted by Crippen LogP contribution is -1.93. The van der Waals surface area contributed by atoms with Crippen LogP contribution in [0.3, 0.4) is 0 Å². The van der Waals surface area contributed by atoms with Gasteiger partial charge in [-0.2, -0.15) is 0 Å². The second kappa shape index (κ2) is 3.00. The molecular weight excluding hydrogens is 168 g/mol. The molecule has 0 bridgehead atoms. The van der Waals surface area contributed by atoms with Gasteiger partial charge in [-0.15, -0.1) is 6.42 Å². The summed E-state index contributed by atoms with van der Waals surface area (Å²) in [7, 11) is 0. The van der Waals surface area contributed by atoms with Crippen LogP contribution in [0.4, 0.5) is 0 Å². The smallest absolute Gasteiger partial charge is 0.231 e. The van der Waals surface area contributed by atoms with Crippen molar-refractivity contribution < 1.29 is 14.6 Å². The van der Waals surface area contributed by atoms with Crippen LogP contribution >= 0.6 is 0 Å². The van der Waals surface area contributed by atoms with Crippen LogP contribution in [-0.2, 0) is 0 Å². The van der Waals surface area contributed by atoms with Crippen molar-refractivity contribution in [2.75, 3.05) is 6.79 Å². The van der Waals surface area contributed by atoms with Crippen LogP contribution in [0.15, 0.2) is 18.2 Å². The van der Waals surface area contributed by atoms with E-state index in [0.29, 0.717) is 17.1 Å². The number of hydrogen-bond acceptors (Lipinski definition) is 3. The molecule has 0 saturated heterocycles. The summed E-state index contributed by atoms with van der Waals surface area (Å²) in [6, 6.07) is 5.14. The van der Waals surface area contributed by atoms with E-state index in [2.05, 4.69) is 5.92 Å². The molecule has 3 nitrogen and oxygen atoms in total. The Kier molecular flexibility index (Phi) is 1.84. The average molecular weight is 176 g/mol. The predicted octanol–water partition coefficient (Wildman–Crippen LogP) is 1.08. The summed E-state index contributed by atoms with van der Waals surface area (Å²) in [5.74, 6) is 3.55.